The summed E-state index contributed by atoms with van der Waals surface area (Å²) in [6.07, 6.45) is 0.874. The average Bonchev–Trinajstić information content (AvgIpc) is 2.74. The van der Waals surface area contributed by atoms with Crippen molar-refractivity contribution in [2.24, 2.45) is 0 Å². The Morgan fingerprint density at radius 3 is 2.41 bits per heavy atom. The van der Waals surface area contributed by atoms with Crippen molar-refractivity contribution in [1.29, 1.82) is 0 Å². The van der Waals surface area contributed by atoms with Crippen molar-refractivity contribution in [3.8, 4) is 11.5 Å². The molecule has 0 saturated carbocycles. The number of carbonyl (C=O) groups excluding carboxylic acids is 2. The molecule has 2 rings (SSSR count). The van der Waals surface area contributed by atoms with Crippen molar-refractivity contribution >= 4 is 11.8 Å². The predicted octanol–water partition coefficient (Wildman–Crippen LogP) is 3.33. The molecular formula is C23H30N2O4. The Morgan fingerprint density at radius 1 is 1.10 bits per heavy atom. The molecule has 0 aliphatic heterocycles. The highest BCUT2D eigenvalue weighted by Gasteiger charge is 2.25. The predicted molar refractivity (Wildman–Crippen MR) is 113 cm³/mol. The van der Waals surface area contributed by atoms with Crippen LogP contribution in [-0.4, -0.2) is 43.5 Å². The Kier molecular flexibility index (Phi) is 8.52. The van der Waals surface area contributed by atoms with Gasteiger partial charge in [-0.1, -0.05) is 29.8 Å². The van der Waals surface area contributed by atoms with Crippen molar-refractivity contribution in [2.75, 3.05) is 20.8 Å². The summed E-state index contributed by atoms with van der Waals surface area (Å²) in [7, 11) is 3.20. The summed E-state index contributed by atoms with van der Waals surface area (Å²) in [4.78, 5) is 26.6. The number of carbonyl (C=O) groups is 2. The second-order valence-corrected chi connectivity index (χ2v) is 6.93. The maximum absolute atomic E-state index is 12.9. The first-order chi connectivity index (χ1) is 13.9. The van der Waals surface area contributed by atoms with Crippen LogP contribution in [0.5, 0.6) is 11.5 Å². The summed E-state index contributed by atoms with van der Waals surface area (Å²) >= 11 is 0. The molecule has 156 valence electrons. The van der Waals surface area contributed by atoms with Crippen LogP contribution in [0.3, 0.4) is 0 Å². The van der Waals surface area contributed by atoms with Gasteiger partial charge in [-0.2, -0.15) is 0 Å². The van der Waals surface area contributed by atoms with Crippen molar-refractivity contribution in [3.63, 3.8) is 0 Å². The number of benzene rings is 2. The summed E-state index contributed by atoms with van der Waals surface area (Å²) in [6, 6.07) is 14.7. The number of nitrogens with zero attached hydrogens (tertiary/aromatic N) is 1. The molecule has 0 radical (unpaired) electrons. The zero-order valence-electron chi connectivity index (χ0n) is 17.6. The lowest BCUT2D eigenvalue weighted by Gasteiger charge is -2.28. The number of likely N-dealkylation sites (N-methyl/N-ethyl adjacent to an activating group) is 1. The Balaban J connectivity index is 1.94. The lowest BCUT2D eigenvalue weighted by Crippen LogP contribution is -2.46. The van der Waals surface area contributed by atoms with Crippen LogP contribution in [0.1, 0.15) is 30.9 Å². The van der Waals surface area contributed by atoms with Crippen LogP contribution >= 0.6 is 0 Å². The molecule has 2 aromatic carbocycles. The molecule has 0 aliphatic carbocycles. The summed E-state index contributed by atoms with van der Waals surface area (Å²) in [5, 5.41) is 2.63. The Morgan fingerprint density at radius 2 is 1.79 bits per heavy atom. The molecule has 0 aliphatic rings. The first kappa shape index (κ1) is 22.3. The topological polar surface area (TPSA) is 67.9 Å². The molecule has 2 aromatic rings. The molecule has 29 heavy (non-hydrogen) atoms. The molecule has 6 heteroatoms. The summed E-state index contributed by atoms with van der Waals surface area (Å²) in [6.45, 7) is 4.58. The number of ether oxygens (including phenoxy) is 2. The molecule has 6 nitrogen and oxygen atoms in total. The van der Waals surface area contributed by atoms with Crippen LogP contribution < -0.4 is 14.8 Å². The Bertz CT molecular complexity index is 805. The van der Waals surface area contributed by atoms with Gasteiger partial charge in [-0.3, -0.25) is 9.59 Å². The molecule has 0 fully saturated rings. The second-order valence-electron chi connectivity index (χ2n) is 6.93. The van der Waals surface area contributed by atoms with Crippen LogP contribution in [0.15, 0.2) is 48.5 Å². The first-order valence-electron chi connectivity index (χ1n) is 9.78. The SMILES string of the molecule is CNC(=O)[C@H](C)N(Cc1cccc(C)c1)C(=O)CCCOc1ccc(OC)cc1. The maximum atomic E-state index is 12.9. The van der Waals surface area contributed by atoms with E-state index in [0.717, 1.165) is 22.6 Å². The molecule has 1 atom stereocenters. The normalized spacial score (nSPS) is 11.4. The van der Waals surface area contributed by atoms with Gasteiger partial charge in [0.2, 0.25) is 11.8 Å². The zero-order chi connectivity index (χ0) is 21.2. The van der Waals surface area contributed by atoms with Crippen LogP contribution in [-0.2, 0) is 16.1 Å². The highest BCUT2D eigenvalue weighted by atomic mass is 16.5. The highest BCUT2D eigenvalue weighted by Crippen LogP contribution is 2.18. The summed E-state index contributed by atoms with van der Waals surface area (Å²) in [5.74, 6) is 1.25. The van der Waals surface area contributed by atoms with E-state index in [4.69, 9.17) is 9.47 Å². The molecule has 0 spiro atoms. The van der Waals surface area contributed by atoms with Gasteiger partial charge in [0.05, 0.1) is 13.7 Å². The smallest absolute Gasteiger partial charge is 0.242 e. The molecule has 2 amide bonds. The maximum Gasteiger partial charge on any atom is 0.242 e. The molecule has 0 unspecified atom stereocenters. The van der Waals surface area contributed by atoms with Crippen molar-refractivity contribution in [3.05, 3.63) is 59.7 Å². The van der Waals surface area contributed by atoms with Gasteiger partial charge in [-0.05, 0) is 50.1 Å². The minimum Gasteiger partial charge on any atom is -0.497 e. The third-order valence-corrected chi connectivity index (χ3v) is 4.71. The number of amides is 2. The van der Waals surface area contributed by atoms with Gasteiger partial charge in [-0.15, -0.1) is 0 Å². The summed E-state index contributed by atoms with van der Waals surface area (Å²) in [5.41, 5.74) is 2.12. The zero-order valence-corrected chi connectivity index (χ0v) is 17.6. The van der Waals surface area contributed by atoms with Gasteiger partial charge in [0.1, 0.15) is 17.5 Å². The van der Waals surface area contributed by atoms with Crippen LogP contribution in [0, 0.1) is 6.92 Å². The molecule has 0 aromatic heterocycles. The van der Waals surface area contributed by atoms with E-state index in [-0.39, 0.29) is 11.8 Å². The minimum absolute atomic E-state index is 0.0686. The Hall–Kier alpha value is -3.02. The second kappa shape index (κ2) is 11.1. The van der Waals surface area contributed by atoms with Gasteiger partial charge in [-0.25, -0.2) is 0 Å². The number of aryl methyl sites for hydroxylation is 1. The van der Waals surface area contributed by atoms with E-state index in [1.807, 2.05) is 55.5 Å². The monoisotopic (exact) mass is 398 g/mol. The van der Waals surface area contributed by atoms with Crippen LogP contribution in [0.4, 0.5) is 0 Å². The third-order valence-electron chi connectivity index (χ3n) is 4.71. The van der Waals surface area contributed by atoms with Crippen LogP contribution in [0.2, 0.25) is 0 Å². The van der Waals surface area contributed by atoms with Gasteiger partial charge in [0.25, 0.3) is 0 Å². The largest absolute Gasteiger partial charge is 0.497 e. The van der Waals surface area contributed by atoms with E-state index < -0.39 is 6.04 Å². The fraction of sp³-hybridized carbons (Fsp3) is 0.391. The van der Waals surface area contributed by atoms with Crippen LogP contribution in [0.25, 0.3) is 0 Å². The molecule has 0 saturated heterocycles. The fourth-order valence-electron chi connectivity index (χ4n) is 3.03. The van der Waals surface area contributed by atoms with Gasteiger partial charge in [0, 0.05) is 20.0 Å². The minimum atomic E-state index is -0.546. The van der Waals surface area contributed by atoms with Gasteiger partial charge < -0.3 is 19.7 Å². The van der Waals surface area contributed by atoms with E-state index in [0.29, 0.717) is 26.0 Å². The Labute approximate surface area is 172 Å². The first-order valence-corrected chi connectivity index (χ1v) is 9.78. The van der Waals surface area contributed by atoms with Crippen molar-refractivity contribution < 1.29 is 19.1 Å². The van der Waals surface area contributed by atoms with E-state index in [1.54, 1.807) is 26.0 Å². The van der Waals surface area contributed by atoms with Crippen molar-refractivity contribution in [1.82, 2.24) is 10.2 Å². The van der Waals surface area contributed by atoms with E-state index in [9.17, 15) is 9.59 Å². The number of hydrogen-bond acceptors (Lipinski definition) is 4. The summed E-state index contributed by atoms with van der Waals surface area (Å²) < 4.78 is 10.8. The highest BCUT2D eigenvalue weighted by molar-refractivity contribution is 5.87. The standard InChI is InChI=1S/C23H30N2O4/c1-17-7-5-8-19(15-17)16-25(18(2)23(27)24-3)22(26)9-6-14-29-21-12-10-20(28-4)11-13-21/h5,7-8,10-13,15,18H,6,9,14,16H2,1-4H3,(H,24,27)/t18-/m0/s1. The third kappa shape index (κ3) is 6.82. The number of nitrogens with one attached hydrogen (secondary N) is 1. The lowest BCUT2D eigenvalue weighted by atomic mass is 10.1. The quantitative estimate of drug-likeness (QED) is 0.624. The number of methoxy groups -OCH3 is 1. The average molecular weight is 399 g/mol. The number of hydrogen-bond donors (Lipinski definition) is 1. The molecular weight excluding hydrogens is 368 g/mol. The van der Waals surface area contributed by atoms with Gasteiger partial charge >= 0.3 is 0 Å². The van der Waals surface area contributed by atoms with E-state index in [1.165, 1.54) is 0 Å². The van der Waals surface area contributed by atoms with E-state index >= 15 is 0 Å². The molecule has 0 heterocycles. The molecule has 1 N–H and O–H groups in total. The fourth-order valence-corrected chi connectivity index (χ4v) is 3.03. The lowest BCUT2D eigenvalue weighted by molar-refractivity contribution is -0.140. The van der Waals surface area contributed by atoms with Crippen molar-refractivity contribution in [2.45, 2.75) is 39.3 Å². The molecule has 0 bridgehead atoms. The number of rotatable bonds is 10. The van der Waals surface area contributed by atoms with E-state index in [2.05, 4.69) is 5.32 Å². The van der Waals surface area contributed by atoms with Gasteiger partial charge in [0.15, 0.2) is 0 Å².